The zero-order valence-corrected chi connectivity index (χ0v) is 12.3. The second kappa shape index (κ2) is 5.34. The van der Waals surface area contributed by atoms with Gasteiger partial charge in [-0.15, -0.1) is 11.3 Å². The summed E-state index contributed by atoms with van der Waals surface area (Å²) < 4.78 is 14.3. The van der Waals surface area contributed by atoms with Gasteiger partial charge in [-0.2, -0.15) is 5.10 Å². The van der Waals surface area contributed by atoms with Crippen molar-refractivity contribution in [2.24, 2.45) is 0 Å². The molecule has 0 aliphatic rings. The molecule has 0 aliphatic carbocycles. The van der Waals surface area contributed by atoms with Crippen LogP contribution in [0.4, 0.5) is 4.39 Å². The van der Waals surface area contributed by atoms with E-state index in [9.17, 15) is 4.39 Å². The maximum Gasteiger partial charge on any atom is 0.123 e. The maximum atomic E-state index is 13.2. The number of aromatic amines is 1. The lowest BCUT2D eigenvalue weighted by Crippen LogP contribution is -2.12. The Hall–Kier alpha value is -1.72. The molecule has 5 heteroatoms. The Morgan fingerprint density at radius 2 is 2.10 bits per heavy atom. The number of hydrogen-bond acceptors (Lipinski definition) is 3. The van der Waals surface area contributed by atoms with E-state index in [1.807, 2.05) is 26.0 Å². The molecule has 0 bridgehead atoms. The first-order chi connectivity index (χ1) is 9.63. The lowest BCUT2D eigenvalue weighted by molar-refractivity contribution is 0.630. The summed E-state index contributed by atoms with van der Waals surface area (Å²) in [5.41, 5.74) is 3.36. The first-order valence-electron chi connectivity index (χ1n) is 6.52. The Kier molecular flexibility index (Phi) is 3.54. The number of halogens is 1. The van der Waals surface area contributed by atoms with E-state index in [0.29, 0.717) is 0 Å². The number of benzene rings is 1. The predicted octanol–water partition coefficient (Wildman–Crippen LogP) is 3.67. The number of rotatable bonds is 4. The fraction of sp³-hybridized carbons (Fsp3) is 0.267. The van der Waals surface area contributed by atoms with Gasteiger partial charge in [0.05, 0.1) is 5.69 Å². The van der Waals surface area contributed by atoms with E-state index >= 15 is 0 Å². The van der Waals surface area contributed by atoms with E-state index in [1.54, 1.807) is 17.4 Å². The van der Waals surface area contributed by atoms with Crippen LogP contribution in [0.15, 0.2) is 24.3 Å². The average molecular weight is 289 g/mol. The molecule has 0 fully saturated rings. The van der Waals surface area contributed by atoms with Gasteiger partial charge in [0.1, 0.15) is 5.82 Å². The van der Waals surface area contributed by atoms with Gasteiger partial charge < -0.3 is 5.32 Å². The smallest absolute Gasteiger partial charge is 0.123 e. The van der Waals surface area contributed by atoms with Gasteiger partial charge >= 0.3 is 0 Å². The van der Waals surface area contributed by atoms with Gasteiger partial charge in [0.2, 0.25) is 0 Å². The molecule has 3 aromatic rings. The molecule has 0 unspecified atom stereocenters. The fourth-order valence-electron chi connectivity index (χ4n) is 2.30. The third-order valence-electron chi connectivity index (χ3n) is 3.41. The van der Waals surface area contributed by atoms with Gasteiger partial charge in [0, 0.05) is 33.9 Å². The highest BCUT2D eigenvalue weighted by Crippen LogP contribution is 2.26. The van der Waals surface area contributed by atoms with E-state index in [1.165, 1.54) is 16.5 Å². The Morgan fingerprint density at radius 3 is 2.85 bits per heavy atom. The van der Waals surface area contributed by atoms with Crippen LogP contribution in [0.2, 0.25) is 0 Å². The van der Waals surface area contributed by atoms with Crippen LogP contribution < -0.4 is 5.32 Å². The van der Waals surface area contributed by atoms with Crippen LogP contribution in [0, 0.1) is 19.7 Å². The summed E-state index contributed by atoms with van der Waals surface area (Å²) >= 11 is 1.70. The van der Waals surface area contributed by atoms with E-state index < -0.39 is 0 Å². The van der Waals surface area contributed by atoms with Crippen LogP contribution in [-0.2, 0) is 13.1 Å². The molecule has 104 valence electrons. The molecule has 3 rings (SSSR count). The summed E-state index contributed by atoms with van der Waals surface area (Å²) in [4.78, 5) is 1.21. The van der Waals surface area contributed by atoms with Crippen molar-refractivity contribution < 1.29 is 4.39 Å². The van der Waals surface area contributed by atoms with Crippen molar-refractivity contribution in [3.05, 3.63) is 51.9 Å². The lowest BCUT2D eigenvalue weighted by Gasteiger charge is -2.03. The SMILES string of the molecule is Cc1n[nH]c(C)c1CNCc1cc2cc(F)ccc2s1. The number of thiophene rings is 1. The first kappa shape index (κ1) is 13.3. The minimum Gasteiger partial charge on any atom is -0.308 e. The molecule has 0 saturated heterocycles. The number of fused-ring (bicyclic) bond motifs is 1. The lowest BCUT2D eigenvalue weighted by atomic mass is 10.2. The largest absolute Gasteiger partial charge is 0.308 e. The van der Waals surface area contributed by atoms with Crippen molar-refractivity contribution >= 4 is 21.4 Å². The normalized spacial score (nSPS) is 11.3. The van der Waals surface area contributed by atoms with Gasteiger partial charge in [0.15, 0.2) is 0 Å². The second-order valence-electron chi connectivity index (χ2n) is 4.91. The highest BCUT2D eigenvalue weighted by Gasteiger charge is 2.07. The fourth-order valence-corrected chi connectivity index (χ4v) is 3.32. The van der Waals surface area contributed by atoms with Crippen molar-refractivity contribution in [1.82, 2.24) is 15.5 Å². The van der Waals surface area contributed by atoms with Gasteiger partial charge in [0.25, 0.3) is 0 Å². The summed E-state index contributed by atoms with van der Waals surface area (Å²) in [5, 5.41) is 11.6. The zero-order valence-electron chi connectivity index (χ0n) is 11.5. The molecule has 2 heterocycles. The van der Waals surface area contributed by atoms with E-state index in [-0.39, 0.29) is 5.82 Å². The Labute approximate surface area is 120 Å². The first-order valence-corrected chi connectivity index (χ1v) is 7.34. The van der Waals surface area contributed by atoms with Gasteiger partial charge in [-0.1, -0.05) is 0 Å². The number of nitrogens with zero attached hydrogens (tertiary/aromatic N) is 1. The summed E-state index contributed by atoms with van der Waals surface area (Å²) in [6, 6.07) is 6.97. The number of aryl methyl sites for hydroxylation is 2. The molecule has 0 saturated carbocycles. The Balaban J connectivity index is 1.68. The molecular weight excluding hydrogens is 273 g/mol. The van der Waals surface area contributed by atoms with Gasteiger partial charge in [-0.3, -0.25) is 5.10 Å². The quantitative estimate of drug-likeness (QED) is 0.769. The molecule has 1 aromatic carbocycles. The third-order valence-corrected chi connectivity index (χ3v) is 4.53. The molecule has 3 nitrogen and oxygen atoms in total. The van der Waals surface area contributed by atoms with Crippen LogP contribution in [0.1, 0.15) is 21.8 Å². The summed E-state index contributed by atoms with van der Waals surface area (Å²) in [7, 11) is 0. The molecule has 0 amide bonds. The molecule has 0 spiro atoms. The van der Waals surface area contributed by atoms with Crippen LogP contribution in [0.25, 0.3) is 10.1 Å². The highest BCUT2D eigenvalue weighted by molar-refractivity contribution is 7.19. The van der Waals surface area contributed by atoms with Gasteiger partial charge in [-0.25, -0.2) is 4.39 Å². The molecule has 20 heavy (non-hydrogen) atoms. The average Bonchev–Trinajstić information content (AvgIpc) is 2.95. The minimum atomic E-state index is -0.181. The highest BCUT2D eigenvalue weighted by atomic mass is 32.1. The molecule has 2 aromatic heterocycles. The molecule has 0 radical (unpaired) electrons. The van der Waals surface area contributed by atoms with Crippen molar-refractivity contribution in [1.29, 1.82) is 0 Å². The van der Waals surface area contributed by atoms with Crippen LogP contribution in [-0.4, -0.2) is 10.2 Å². The van der Waals surface area contributed by atoms with E-state index in [0.717, 1.165) is 34.6 Å². The molecular formula is C15H16FN3S. The summed E-state index contributed by atoms with van der Waals surface area (Å²) in [6.07, 6.45) is 0. The standard InChI is InChI=1S/C15H16FN3S/c1-9-14(10(2)19-18-9)8-17-7-13-6-11-5-12(16)3-4-15(11)20-13/h3-6,17H,7-8H2,1-2H3,(H,18,19). The number of hydrogen-bond donors (Lipinski definition) is 2. The second-order valence-corrected chi connectivity index (χ2v) is 6.08. The van der Waals surface area contributed by atoms with Crippen molar-refractivity contribution in [3.63, 3.8) is 0 Å². The van der Waals surface area contributed by atoms with Crippen LogP contribution >= 0.6 is 11.3 Å². The van der Waals surface area contributed by atoms with E-state index in [2.05, 4.69) is 15.5 Å². The van der Waals surface area contributed by atoms with Crippen LogP contribution in [0.3, 0.4) is 0 Å². The predicted molar refractivity (Wildman–Crippen MR) is 80.4 cm³/mol. The molecule has 2 N–H and O–H groups in total. The van der Waals surface area contributed by atoms with E-state index in [4.69, 9.17) is 0 Å². The van der Waals surface area contributed by atoms with Crippen molar-refractivity contribution in [2.75, 3.05) is 0 Å². The number of H-pyrrole nitrogens is 1. The Morgan fingerprint density at radius 1 is 1.25 bits per heavy atom. The third kappa shape index (κ3) is 2.59. The Bertz CT molecular complexity index is 725. The van der Waals surface area contributed by atoms with Crippen LogP contribution in [0.5, 0.6) is 0 Å². The zero-order chi connectivity index (χ0) is 14.1. The number of nitrogens with one attached hydrogen (secondary N) is 2. The summed E-state index contributed by atoms with van der Waals surface area (Å²) in [6.45, 7) is 5.60. The van der Waals surface area contributed by atoms with Gasteiger partial charge in [-0.05, 0) is 43.5 Å². The number of aromatic nitrogens is 2. The maximum absolute atomic E-state index is 13.2. The molecule has 0 atom stereocenters. The topological polar surface area (TPSA) is 40.7 Å². The minimum absolute atomic E-state index is 0.181. The van der Waals surface area contributed by atoms with Crippen molar-refractivity contribution in [3.8, 4) is 0 Å². The monoisotopic (exact) mass is 289 g/mol. The molecule has 0 aliphatic heterocycles. The summed E-state index contributed by atoms with van der Waals surface area (Å²) in [5.74, 6) is -0.181. The van der Waals surface area contributed by atoms with Crippen molar-refractivity contribution in [2.45, 2.75) is 26.9 Å².